The first-order valence-electron chi connectivity index (χ1n) is 8.98. The minimum atomic E-state index is -1.38. The van der Waals surface area contributed by atoms with E-state index in [1.807, 2.05) is 0 Å². The molecule has 10 heteroatoms. The fourth-order valence-electron chi connectivity index (χ4n) is 2.85. The van der Waals surface area contributed by atoms with Crippen LogP contribution in [-0.4, -0.2) is 38.8 Å². The van der Waals surface area contributed by atoms with Crippen LogP contribution in [0, 0.1) is 10.1 Å². The summed E-state index contributed by atoms with van der Waals surface area (Å²) in [6.45, 7) is 0. The average molecular weight is 434 g/mol. The van der Waals surface area contributed by atoms with Crippen molar-refractivity contribution < 1.29 is 34.3 Å². The van der Waals surface area contributed by atoms with Crippen molar-refractivity contribution in [2.45, 2.75) is 0 Å². The van der Waals surface area contributed by atoms with Gasteiger partial charge in [0.05, 0.1) is 16.1 Å². The zero-order chi connectivity index (χ0) is 23.4. The van der Waals surface area contributed by atoms with Crippen LogP contribution >= 0.6 is 0 Å². The number of amides is 1. The lowest BCUT2D eigenvalue weighted by atomic mass is 9.96. The van der Waals surface area contributed by atoms with Crippen LogP contribution < -0.4 is 5.32 Å². The fourth-order valence-corrected chi connectivity index (χ4v) is 2.85. The van der Waals surface area contributed by atoms with Crippen LogP contribution in [0.1, 0.15) is 47.0 Å². The Hall–Kier alpha value is -4.86. The number of nitrogens with zero attached hydrogens (tertiary/aromatic N) is 1. The van der Waals surface area contributed by atoms with Crippen molar-refractivity contribution >= 4 is 35.0 Å². The van der Waals surface area contributed by atoms with Gasteiger partial charge >= 0.3 is 11.9 Å². The molecule has 32 heavy (non-hydrogen) atoms. The molecule has 0 aliphatic carbocycles. The molecule has 3 N–H and O–H groups in total. The topological polar surface area (TPSA) is 164 Å². The lowest BCUT2D eigenvalue weighted by Crippen LogP contribution is -2.13. The normalized spacial score (nSPS) is 10.2. The third-order valence-electron chi connectivity index (χ3n) is 4.49. The van der Waals surface area contributed by atoms with Crippen LogP contribution in [0.2, 0.25) is 0 Å². The molecule has 0 saturated heterocycles. The van der Waals surface area contributed by atoms with Gasteiger partial charge < -0.3 is 15.5 Å². The van der Waals surface area contributed by atoms with Gasteiger partial charge in [0.15, 0.2) is 5.78 Å². The molecule has 0 bridgehead atoms. The maximum Gasteiger partial charge on any atom is 0.336 e. The second-order valence-corrected chi connectivity index (χ2v) is 6.54. The summed E-state index contributed by atoms with van der Waals surface area (Å²) in [6.07, 6.45) is 0. The molecule has 0 aromatic heterocycles. The number of benzene rings is 3. The van der Waals surface area contributed by atoms with Crippen molar-refractivity contribution in [2.75, 3.05) is 5.32 Å². The molecule has 3 aromatic rings. The van der Waals surface area contributed by atoms with E-state index in [-0.39, 0.29) is 33.5 Å². The molecule has 0 aliphatic heterocycles. The van der Waals surface area contributed by atoms with E-state index in [9.17, 15) is 34.4 Å². The van der Waals surface area contributed by atoms with E-state index < -0.39 is 28.6 Å². The Morgan fingerprint density at radius 2 is 1.28 bits per heavy atom. The molecule has 0 aliphatic rings. The molecule has 10 nitrogen and oxygen atoms in total. The van der Waals surface area contributed by atoms with Gasteiger partial charge in [0.1, 0.15) is 0 Å². The first-order valence-corrected chi connectivity index (χ1v) is 8.98. The SMILES string of the molecule is O=C(O)c1ccc(C(=O)O)c(C(=O)c2ccc(NC(=O)c3ccc([N+](=O)[O-])cc3)cc2)c1. The van der Waals surface area contributed by atoms with Crippen LogP contribution in [0.5, 0.6) is 0 Å². The third-order valence-corrected chi connectivity index (χ3v) is 4.49. The second kappa shape index (κ2) is 8.88. The highest BCUT2D eigenvalue weighted by Crippen LogP contribution is 2.20. The van der Waals surface area contributed by atoms with E-state index in [0.29, 0.717) is 5.69 Å². The number of carbonyl (C=O) groups is 4. The third kappa shape index (κ3) is 4.65. The van der Waals surface area contributed by atoms with E-state index in [2.05, 4.69) is 5.32 Å². The maximum atomic E-state index is 12.8. The molecule has 0 unspecified atom stereocenters. The van der Waals surface area contributed by atoms with E-state index in [4.69, 9.17) is 5.11 Å². The number of carboxylic acids is 2. The monoisotopic (exact) mass is 434 g/mol. The number of nitro benzene ring substituents is 1. The quantitative estimate of drug-likeness (QED) is 0.289. The zero-order valence-corrected chi connectivity index (χ0v) is 16.1. The minimum absolute atomic E-state index is 0.0865. The number of nitro groups is 1. The van der Waals surface area contributed by atoms with Crippen molar-refractivity contribution in [3.63, 3.8) is 0 Å². The summed E-state index contributed by atoms with van der Waals surface area (Å²) >= 11 is 0. The highest BCUT2D eigenvalue weighted by atomic mass is 16.6. The van der Waals surface area contributed by atoms with Crippen molar-refractivity contribution in [2.24, 2.45) is 0 Å². The van der Waals surface area contributed by atoms with Crippen molar-refractivity contribution in [3.8, 4) is 0 Å². The van der Waals surface area contributed by atoms with Crippen LogP contribution in [0.25, 0.3) is 0 Å². The summed E-state index contributed by atoms with van der Waals surface area (Å²) in [5, 5.41) is 31.7. The number of hydrogen-bond donors (Lipinski definition) is 3. The molecule has 0 radical (unpaired) electrons. The summed E-state index contributed by atoms with van der Waals surface area (Å²) in [4.78, 5) is 57.8. The summed E-state index contributed by atoms with van der Waals surface area (Å²) < 4.78 is 0. The largest absolute Gasteiger partial charge is 0.478 e. The summed E-state index contributed by atoms with van der Waals surface area (Å²) in [7, 11) is 0. The van der Waals surface area contributed by atoms with Crippen molar-refractivity contribution in [3.05, 3.63) is 105 Å². The molecule has 0 atom stereocenters. The standard InChI is InChI=1S/C22H14N2O8/c25-19(18-11-14(21(27)28)5-10-17(18)22(29)30)12-1-6-15(7-2-12)23-20(26)13-3-8-16(9-4-13)24(31)32/h1-11H,(H,23,26)(H,27,28)(H,29,30). The molecule has 0 saturated carbocycles. The Bertz CT molecular complexity index is 1250. The minimum Gasteiger partial charge on any atom is -0.478 e. The average Bonchev–Trinajstić information content (AvgIpc) is 2.78. The van der Waals surface area contributed by atoms with Gasteiger partial charge in [0.2, 0.25) is 0 Å². The first kappa shape index (κ1) is 21.8. The molecule has 3 rings (SSSR count). The van der Waals surface area contributed by atoms with Gasteiger partial charge in [-0.1, -0.05) is 0 Å². The van der Waals surface area contributed by atoms with Gasteiger partial charge in [-0.3, -0.25) is 19.7 Å². The van der Waals surface area contributed by atoms with Gasteiger partial charge in [-0.25, -0.2) is 9.59 Å². The summed E-state index contributed by atoms with van der Waals surface area (Å²) in [5.74, 6) is -3.90. The van der Waals surface area contributed by atoms with Gasteiger partial charge in [0, 0.05) is 34.5 Å². The van der Waals surface area contributed by atoms with E-state index >= 15 is 0 Å². The smallest absolute Gasteiger partial charge is 0.336 e. The Kier molecular flexibility index (Phi) is 6.06. The number of nitrogens with one attached hydrogen (secondary N) is 1. The number of carboxylic acid groups (broad SMARTS) is 2. The lowest BCUT2D eigenvalue weighted by Gasteiger charge is -2.09. The Morgan fingerprint density at radius 3 is 1.81 bits per heavy atom. The Morgan fingerprint density at radius 1 is 0.719 bits per heavy atom. The molecule has 1 amide bonds. The van der Waals surface area contributed by atoms with Gasteiger partial charge in [-0.05, 0) is 54.6 Å². The number of ketones is 1. The number of carbonyl (C=O) groups excluding carboxylic acids is 2. The molecule has 0 fully saturated rings. The molecular formula is C22H14N2O8. The van der Waals surface area contributed by atoms with Crippen LogP contribution in [0.4, 0.5) is 11.4 Å². The number of non-ortho nitro benzene ring substituents is 1. The summed E-state index contributed by atoms with van der Waals surface area (Å²) in [5.41, 5.74) is -0.406. The molecule has 0 heterocycles. The Balaban J connectivity index is 1.81. The number of aromatic carboxylic acids is 2. The predicted octanol–water partition coefficient (Wildman–Crippen LogP) is 3.47. The molecular weight excluding hydrogens is 420 g/mol. The molecule has 3 aromatic carbocycles. The lowest BCUT2D eigenvalue weighted by molar-refractivity contribution is -0.384. The van der Waals surface area contributed by atoms with Gasteiger partial charge in [-0.15, -0.1) is 0 Å². The van der Waals surface area contributed by atoms with Crippen LogP contribution in [0.15, 0.2) is 66.7 Å². The fraction of sp³-hybridized carbons (Fsp3) is 0. The number of anilines is 1. The maximum absolute atomic E-state index is 12.8. The number of rotatable bonds is 7. The predicted molar refractivity (Wildman–Crippen MR) is 111 cm³/mol. The Labute approximate surface area is 179 Å². The van der Waals surface area contributed by atoms with E-state index in [1.165, 1.54) is 48.5 Å². The molecule has 160 valence electrons. The van der Waals surface area contributed by atoms with Crippen LogP contribution in [-0.2, 0) is 0 Å². The second-order valence-electron chi connectivity index (χ2n) is 6.54. The van der Waals surface area contributed by atoms with E-state index in [1.54, 1.807) is 0 Å². The highest BCUT2D eigenvalue weighted by molar-refractivity contribution is 6.15. The molecule has 0 spiro atoms. The first-order chi connectivity index (χ1) is 15.2. The zero-order valence-electron chi connectivity index (χ0n) is 16.1. The van der Waals surface area contributed by atoms with Crippen LogP contribution in [0.3, 0.4) is 0 Å². The van der Waals surface area contributed by atoms with Gasteiger partial charge in [-0.2, -0.15) is 0 Å². The van der Waals surface area contributed by atoms with Crippen molar-refractivity contribution in [1.29, 1.82) is 0 Å². The number of hydrogen-bond acceptors (Lipinski definition) is 6. The summed E-state index contributed by atoms with van der Waals surface area (Å²) in [6, 6.07) is 13.7. The highest BCUT2D eigenvalue weighted by Gasteiger charge is 2.20. The van der Waals surface area contributed by atoms with E-state index in [0.717, 1.165) is 18.2 Å². The van der Waals surface area contributed by atoms with Crippen molar-refractivity contribution in [1.82, 2.24) is 0 Å². The van der Waals surface area contributed by atoms with Gasteiger partial charge in [0.25, 0.3) is 11.6 Å².